The molecule has 0 saturated carbocycles. The first-order chi connectivity index (χ1) is 9.67. The molecule has 3 rings (SSSR count). The fourth-order valence-electron chi connectivity index (χ4n) is 1.98. The zero-order valence-electron chi connectivity index (χ0n) is 11.2. The minimum atomic E-state index is 0.705. The lowest BCUT2D eigenvalue weighted by Gasteiger charge is -2.00. The Kier molecular flexibility index (Phi) is 3.67. The molecule has 0 fully saturated rings. The van der Waals surface area contributed by atoms with E-state index < -0.39 is 0 Å². The van der Waals surface area contributed by atoms with Gasteiger partial charge in [0.05, 0.1) is 16.8 Å². The summed E-state index contributed by atoms with van der Waals surface area (Å²) in [4.78, 5) is 8.99. The summed E-state index contributed by atoms with van der Waals surface area (Å²) >= 11 is 7.57. The van der Waals surface area contributed by atoms with Crippen LogP contribution in [-0.2, 0) is 19.2 Å². The predicted octanol–water partition coefficient (Wildman–Crippen LogP) is 3.20. The van der Waals surface area contributed by atoms with Gasteiger partial charge in [0.1, 0.15) is 11.6 Å². The Labute approximate surface area is 125 Å². The molecule has 20 heavy (non-hydrogen) atoms. The van der Waals surface area contributed by atoms with Gasteiger partial charge in [-0.3, -0.25) is 5.10 Å². The van der Waals surface area contributed by atoms with Crippen LogP contribution in [0.4, 0.5) is 0 Å². The number of thioether (sulfide) groups is 1. The van der Waals surface area contributed by atoms with Crippen LogP contribution in [0.25, 0.3) is 11.0 Å². The fraction of sp³-hybridized carbons (Fsp3) is 0.308. The SMILES string of the molecule is CCc1nc(SCc2nc3cc(Cl)ccc3n2C)n[nH]1. The molecule has 3 aromatic rings. The van der Waals surface area contributed by atoms with Gasteiger partial charge in [-0.25, -0.2) is 9.97 Å². The number of benzene rings is 1. The Morgan fingerprint density at radius 1 is 1.35 bits per heavy atom. The first-order valence-electron chi connectivity index (χ1n) is 6.32. The third kappa shape index (κ3) is 2.53. The van der Waals surface area contributed by atoms with Gasteiger partial charge < -0.3 is 4.57 Å². The Balaban J connectivity index is 1.82. The van der Waals surface area contributed by atoms with Crippen LogP contribution in [0.5, 0.6) is 0 Å². The van der Waals surface area contributed by atoms with Crippen LogP contribution in [0, 0.1) is 0 Å². The highest BCUT2D eigenvalue weighted by Gasteiger charge is 2.10. The molecule has 1 aromatic carbocycles. The summed E-state index contributed by atoms with van der Waals surface area (Å²) in [7, 11) is 2.01. The first kappa shape index (κ1) is 13.5. The third-order valence-electron chi connectivity index (χ3n) is 3.11. The number of hydrogen-bond acceptors (Lipinski definition) is 4. The van der Waals surface area contributed by atoms with E-state index in [0.29, 0.717) is 5.02 Å². The van der Waals surface area contributed by atoms with Gasteiger partial charge >= 0.3 is 0 Å². The van der Waals surface area contributed by atoms with Crippen LogP contribution >= 0.6 is 23.4 Å². The average molecular weight is 308 g/mol. The van der Waals surface area contributed by atoms with Crippen LogP contribution in [0.15, 0.2) is 23.4 Å². The Bertz CT molecular complexity index is 748. The van der Waals surface area contributed by atoms with Gasteiger partial charge in [-0.2, -0.15) is 0 Å². The lowest BCUT2D eigenvalue weighted by Crippen LogP contribution is -1.95. The van der Waals surface area contributed by atoms with Crippen molar-refractivity contribution < 1.29 is 0 Å². The van der Waals surface area contributed by atoms with Gasteiger partial charge in [0.15, 0.2) is 0 Å². The minimum absolute atomic E-state index is 0.705. The second kappa shape index (κ2) is 5.46. The molecule has 2 heterocycles. The zero-order valence-corrected chi connectivity index (χ0v) is 12.8. The normalized spacial score (nSPS) is 11.3. The number of aromatic nitrogens is 5. The summed E-state index contributed by atoms with van der Waals surface area (Å²) in [5.74, 6) is 2.61. The molecule has 0 aliphatic carbocycles. The second-order valence-corrected chi connectivity index (χ2v) is 5.81. The van der Waals surface area contributed by atoms with Crippen molar-refractivity contribution in [3.8, 4) is 0 Å². The van der Waals surface area contributed by atoms with Crippen molar-refractivity contribution in [2.45, 2.75) is 24.3 Å². The third-order valence-corrected chi connectivity index (χ3v) is 4.19. The van der Waals surface area contributed by atoms with Crippen LogP contribution in [0.1, 0.15) is 18.6 Å². The molecule has 0 unspecified atom stereocenters. The highest BCUT2D eigenvalue weighted by atomic mass is 35.5. The highest BCUT2D eigenvalue weighted by molar-refractivity contribution is 7.98. The van der Waals surface area contributed by atoms with Gasteiger partial charge in [0.2, 0.25) is 5.16 Å². The van der Waals surface area contributed by atoms with Crippen LogP contribution < -0.4 is 0 Å². The number of imidazole rings is 1. The van der Waals surface area contributed by atoms with Crippen molar-refractivity contribution in [3.05, 3.63) is 34.9 Å². The number of nitrogens with zero attached hydrogens (tertiary/aromatic N) is 4. The lowest BCUT2D eigenvalue weighted by molar-refractivity contribution is 0.873. The van der Waals surface area contributed by atoms with Crippen molar-refractivity contribution >= 4 is 34.4 Å². The molecule has 0 bridgehead atoms. The maximum atomic E-state index is 5.99. The van der Waals surface area contributed by atoms with Crippen LogP contribution in [0.2, 0.25) is 5.02 Å². The van der Waals surface area contributed by atoms with Gasteiger partial charge in [-0.1, -0.05) is 30.3 Å². The number of hydrogen-bond donors (Lipinski definition) is 1. The van der Waals surface area contributed by atoms with E-state index in [1.54, 1.807) is 11.8 Å². The van der Waals surface area contributed by atoms with E-state index in [0.717, 1.165) is 40.0 Å². The fourth-order valence-corrected chi connectivity index (χ4v) is 2.95. The van der Waals surface area contributed by atoms with E-state index in [1.165, 1.54) is 0 Å². The lowest BCUT2D eigenvalue weighted by atomic mass is 10.3. The van der Waals surface area contributed by atoms with E-state index in [-0.39, 0.29) is 0 Å². The van der Waals surface area contributed by atoms with Crippen molar-refractivity contribution in [2.24, 2.45) is 7.05 Å². The summed E-state index contributed by atoms with van der Waals surface area (Å²) < 4.78 is 2.08. The van der Waals surface area contributed by atoms with Crippen molar-refractivity contribution in [1.29, 1.82) is 0 Å². The zero-order chi connectivity index (χ0) is 14.1. The molecular formula is C13H14ClN5S. The predicted molar refractivity (Wildman–Crippen MR) is 81.0 cm³/mol. The molecule has 0 radical (unpaired) electrons. The van der Waals surface area contributed by atoms with Crippen molar-refractivity contribution in [2.75, 3.05) is 0 Å². The molecule has 0 spiro atoms. The minimum Gasteiger partial charge on any atom is -0.330 e. The Morgan fingerprint density at radius 3 is 2.95 bits per heavy atom. The Morgan fingerprint density at radius 2 is 2.20 bits per heavy atom. The van der Waals surface area contributed by atoms with E-state index in [9.17, 15) is 0 Å². The molecule has 0 aliphatic heterocycles. The van der Waals surface area contributed by atoms with Gasteiger partial charge in [-0.05, 0) is 18.2 Å². The van der Waals surface area contributed by atoms with Crippen molar-refractivity contribution in [3.63, 3.8) is 0 Å². The topological polar surface area (TPSA) is 59.4 Å². The summed E-state index contributed by atoms with van der Waals surface area (Å²) in [5, 5.41) is 8.54. The van der Waals surface area contributed by atoms with Crippen molar-refractivity contribution in [1.82, 2.24) is 24.7 Å². The number of fused-ring (bicyclic) bond motifs is 1. The standard InChI is InChI=1S/C13H14ClN5S/c1-3-11-16-13(18-17-11)20-7-12-15-9-6-8(14)4-5-10(9)19(12)2/h4-6H,3,7H2,1-2H3,(H,16,17,18). The maximum Gasteiger partial charge on any atom is 0.208 e. The van der Waals surface area contributed by atoms with E-state index in [2.05, 4.69) is 24.7 Å². The molecule has 0 saturated heterocycles. The molecule has 1 N–H and O–H groups in total. The smallest absolute Gasteiger partial charge is 0.208 e. The number of rotatable bonds is 4. The molecule has 2 aromatic heterocycles. The van der Waals surface area contributed by atoms with Crippen LogP contribution in [-0.4, -0.2) is 24.7 Å². The number of halogens is 1. The number of H-pyrrole nitrogens is 1. The van der Waals surface area contributed by atoms with E-state index in [4.69, 9.17) is 11.6 Å². The summed E-state index contributed by atoms with van der Waals surface area (Å²) in [6.45, 7) is 2.05. The van der Waals surface area contributed by atoms with E-state index >= 15 is 0 Å². The van der Waals surface area contributed by atoms with Gasteiger partial charge in [-0.15, -0.1) is 5.10 Å². The quantitative estimate of drug-likeness (QED) is 0.752. The van der Waals surface area contributed by atoms with Gasteiger partial charge in [0, 0.05) is 18.5 Å². The van der Waals surface area contributed by atoms with E-state index in [1.807, 2.05) is 32.2 Å². The maximum absolute atomic E-state index is 5.99. The molecular weight excluding hydrogens is 294 g/mol. The number of aromatic amines is 1. The monoisotopic (exact) mass is 307 g/mol. The Hall–Kier alpha value is -1.53. The second-order valence-electron chi connectivity index (χ2n) is 4.43. The van der Waals surface area contributed by atoms with Gasteiger partial charge in [0.25, 0.3) is 0 Å². The average Bonchev–Trinajstić information content (AvgIpc) is 3.01. The summed E-state index contributed by atoms with van der Waals surface area (Å²) in [6, 6.07) is 5.75. The summed E-state index contributed by atoms with van der Waals surface area (Å²) in [5.41, 5.74) is 1.99. The number of aryl methyl sites for hydroxylation is 2. The molecule has 0 amide bonds. The number of nitrogens with one attached hydrogen (secondary N) is 1. The highest BCUT2D eigenvalue weighted by Crippen LogP contribution is 2.23. The molecule has 104 valence electrons. The largest absolute Gasteiger partial charge is 0.330 e. The molecule has 7 heteroatoms. The molecule has 5 nitrogen and oxygen atoms in total. The first-order valence-corrected chi connectivity index (χ1v) is 7.68. The van der Waals surface area contributed by atoms with Crippen LogP contribution in [0.3, 0.4) is 0 Å². The summed E-state index contributed by atoms with van der Waals surface area (Å²) in [6.07, 6.45) is 0.859. The molecule has 0 atom stereocenters. The molecule has 0 aliphatic rings.